The van der Waals surface area contributed by atoms with Gasteiger partial charge in [-0.2, -0.15) is 13.2 Å². The van der Waals surface area contributed by atoms with Gasteiger partial charge in [0, 0.05) is 29.2 Å². The first-order valence-electron chi connectivity index (χ1n) is 7.39. The molecule has 0 saturated carbocycles. The van der Waals surface area contributed by atoms with Crippen molar-refractivity contribution in [2.75, 3.05) is 6.61 Å². The average molecular weight is 359 g/mol. The summed E-state index contributed by atoms with van der Waals surface area (Å²) < 4.78 is 46.4. The Morgan fingerprint density at radius 2 is 1.88 bits per heavy atom. The number of benzene rings is 1. The molecule has 0 aliphatic carbocycles. The number of ether oxygens (including phenoxy) is 1. The maximum atomic E-state index is 13.6. The van der Waals surface area contributed by atoms with Crippen LogP contribution in [0.4, 0.5) is 13.2 Å². The van der Waals surface area contributed by atoms with E-state index in [1.807, 2.05) is 0 Å². The maximum Gasteiger partial charge on any atom is 0.432 e. The van der Waals surface area contributed by atoms with E-state index in [0.29, 0.717) is 0 Å². The first-order chi connectivity index (χ1) is 11.6. The zero-order valence-corrected chi connectivity index (χ0v) is 13.2. The van der Waals surface area contributed by atoms with Gasteiger partial charge < -0.3 is 19.5 Å². The average Bonchev–Trinajstić information content (AvgIpc) is 2.90. The topological polar surface area (TPSA) is 88.8 Å². The van der Waals surface area contributed by atoms with Gasteiger partial charge in [-0.3, -0.25) is 4.79 Å². The highest BCUT2D eigenvalue weighted by Gasteiger charge is 2.63. The highest BCUT2D eigenvalue weighted by atomic mass is 19.4. The summed E-state index contributed by atoms with van der Waals surface area (Å²) in [6.45, 7) is 0.867. The fourth-order valence-electron chi connectivity index (χ4n) is 2.55. The maximum absolute atomic E-state index is 13.6. The summed E-state index contributed by atoms with van der Waals surface area (Å²) in [5.74, 6) is -2.96. The number of alkyl halides is 3. The number of fused-ring (bicyclic) bond motifs is 1. The predicted octanol–water partition coefficient (Wildman–Crippen LogP) is 2.43. The van der Waals surface area contributed by atoms with Gasteiger partial charge in [0.1, 0.15) is 0 Å². The highest BCUT2D eigenvalue weighted by molar-refractivity contribution is 5.92. The second kappa shape index (κ2) is 6.75. The van der Waals surface area contributed by atoms with Gasteiger partial charge >= 0.3 is 18.1 Å². The van der Waals surface area contributed by atoms with E-state index in [1.54, 1.807) is 6.07 Å². The fraction of sp³-hybridized carbons (Fsp3) is 0.375. The molecule has 0 radical (unpaired) electrons. The Balaban J connectivity index is 2.68. The number of hydrogen-bond donors (Lipinski definition) is 2. The van der Waals surface area contributed by atoms with Crippen molar-refractivity contribution in [1.29, 1.82) is 0 Å². The number of aromatic nitrogens is 1. The molecule has 2 aromatic rings. The van der Waals surface area contributed by atoms with Gasteiger partial charge in [0.25, 0.3) is 5.60 Å². The third kappa shape index (κ3) is 3.32. The predicted molar refractivity (Wildman–Crippen MR) is 80.8 cm³/mol. The monoisotopic (exact) mass is 359 g/mol. The summed E-state index contributed by atoms with van der Waals surface area (Å²) in [7, 11) is 0. The number of carbonyl (C=O) groups is 2. The van der Waals surface area contributed by atoms with Crippen LogP contribution < -0.4 is 0 Å². The van der Waals surface area contributed by atoms with Crippen LogP contribution in [0.25, 0.3) is 10.9 Å². The normalized spacial score (nSPS) is 14.3. The molecule has 0 amide bonds. The quantitative estimate of drug-likeness (QED) is 0.774. The zero-order chi connectivity index (χ0) is 18.8. The summed E-state index contributed by atoms with van der Waals surface area (Å²) >= 11 is 0. The number of halogens is 3. The summed E-state index contributed by atoms with van der Waals surface area (Å²) in [6, 6.07) is 5.80. The second-order valence-electron chi connectivity index (χ2n) is 5.33. The van der Waals surface area contributed by atoms with Crippen molar-refractivity contribution in [3.05, 3.63) is 36.0 Å². The number of carboxylic acid groups (broad SMARTS) is 1. The molecule has 1 atom stereocenters. The van der Waals surface area contributed by atoms with Gasteiger partial charge in [-0.15, -0.1) is 0 Å². The molecule has 136 valence electrons. The van der Waals surface area contributed by atoms with Crippen LogP contribution in [-0.2, 0) is 26.5 Å². The minimum absolute atomic E-state index is 0.0132. The van der Waals surface area contributed by atoms with Crippen molar-refractivity contribution in [3.8, 4) is 0 Å². The molecule has 0 aliphatic heterocycles. The van der Waals surface area contributed by atoms with Crippen LogP contribution in [0.1, 0.15) is 18.9 Å². The van der Waals surface area contributed by atoms with Gasteiger partial charge in [0.15, 0.2) is 0 Å². The number of aliphatic carboxylic acids is 1. The van der Waals surface area contributed by atoms with E-state index in [0.717, 1.165) is 6.20 Å². The number of aryl methyl sites for hydroxylation is 1. The largest absolute Gasteiger partial charge is 0.481 e. The number of carbonyl (C=O) groups excluding carboxylic acids is 1. The number of rotatable bonds is 6. The third-order valence-electron chi connectivity index (χ3n) is 3.73. The van der Waals surface area contributed by atoms with Crippen molar-refractivity contribution in [3.63, 3.8) is 0 Å². The Morgan fingerprint density at radius 1 is 1.24 bits per heavy atom. The number of esters is 1. The first kappa shape index (κ1) is 18.8. The van der Waals surface area contributed by atoms with Gasteiger partial charge in [0.05, 0.1) is 13.0 Å². The minimum Gasteiger partial charge on any atom is -0.481 e. The zero-order valence-electron chi connectivity index (χ0n) is 13.2. The highest BCUT2D eigenvalue weighted by Crippen LogP contribution is 2.43. The van der Waals surface area contributed by atoms with Crippen molar-refractivity contribution >= 4 is 22.8 Å². The molecule has 6 nitrogen and oxygen atoms in total. The molecule has 1 heterocycles. The number of carboxylic acids is 1. The van der Waals surface area contributed by atoms with E-state index < -0.39 is 29.3 Å². The Hall–Kier alpha value is -2.55. The molecular formula is C16H16F3NO5. The lowest BCUT2D eigenvalue weighted by molar-refractivity contribution is -0.267. The van der Waals surface area contributed by atoms with Crippen molar-refractivity contribution in [2.24, 2.45) is 0 Å². The molecule has 0 spiro atoms. The van der Waals surface area contributed by atoms with Crippen molar-refractivity contribution in [1.82, 2.24) is 4.57 Å². The summed E-state index contributed by atoms with van der Waals surface area (Å²) in [5, 5.41) is 19.0. The van der Waals surface area contributed by atoms with Gasteiger partial charge in [-0.05, 0) is 13.0 Å². The van der Waals surface area contributed by atoms with Crippen LogP contribution in [0, 0.1) is 0 Å². The molecule has 0 bridgehead atoms. The summed E-state index contributed by atoms with van der Waals surface area (Å²) in [4.78, 5) is 22.7. The standard InChI is InChI=1S/C16H16F3NO5/c1-2-25-14(23)15(24,16(17,18)19)11-9-20(8-7-13(21)22)12-6-4-3-5-10(11)12/h3-6,9,24H,2,7-8H2,1H3,(H,21,22). The SMILES string of the molecule is CCOC(=O)C(O)(c1cn(CCC(=O)O)c2ccccc12)C(F)(F)F. The Morgan fingerprint density at radius 3 is 2.44 bits per heavy atom. The van der Waals surface area contributed by atoms with E-state index in [9.17, 15) is 27.9 Å². The van der Waals surface area contributed by atoms with Gasteiger partial charge in [-0.1, -0.05) is 18.2 Å². The van der Waals surface area contributed by atoms with Crippen LogP contribution in [0.15, 0.2) is 30.5 Å². The molecule has 0 aliphatic rings. The number of para-hydroxylation sites is 1. The van der Waals surface area contributed by atoms with E-state index in [1.165, 1.54) is 29.7 Å². The van der Waals surface area contributed by atoms with Crippen LogP contribution in [0.5, 0.6) is 0 Å². The molecule has 1 aromatic heterocycles. The molecule has 2 rings (SSSR count). The summed E-state index contributed by atoms with van der Waals surface area (Å²) in [6.07, 6.45) is -4.71. The lowest BCUT2D eigenvalue weighted by Crippen LogP contribution is -2.50. The third-order valence-corrected chi connectivity index (χ3v) is 3.73. The minimum atomic E-state index is -5.32. The van der Waals surface area contributed by atoms with Crippen LogP contribution >= 0.6 is 0 Å². The number of aliphatic hydroxyl groups is 1. The second-order valence-corrected chi connectivity index (χ2v) is 5.33. The molecule has 0 saturated heterocycles. The van der Waals surface area contributed by atoms with Crippen molar-refractivity contribution < 1.29 is 37.7 Å². The lowest BCUT2D eigenvalue weighted by atomic mass is 9.92. The Bertz CT molecular complexity index is 799. The Labute approximate surface area is 140 Å². The molecular weight excluding hydrogens is 343 g/mol. The number of hydrogen-bond acceptors (Lipinski definition) is 4. The summed E-state index contributed by atoms with van der Waals surface area (Å²) in [5.41, 5.74) is -4.28. The number of nitrogens with zero attached hydrogens (tertiary/aromatic N) is 1. The van der Waals surface area contributed by atoms with Crippen molar-refractivity contribution in [2.45, 2.75) is 31.7 Å². The first-order valence-corrected chi connectivity index (χ1v) is 7.39. The molecule has 1 aromatic carbocycles. The van der Waals surface area contributed by atoms with Crippen LogP contribution in [0.2, 0.25) is 0 Å². The molecule has 9 heteroatoms. The van der Waals surface area contributed by atoms with Gasteiger partial charge in [-0.25, -0.2) is 4.79 Å². The van der Waals surface area contributed by atoms with E-state index in [4.69, 9.17) is 5.11 Å². The Kier molecular flexibility index (Phi) is 5.07. The fourth-order valence-corrected chi connectivity index (χ4v) is 2.55. The molecule has 1 unspecified atom stereocenters. The van der Waals surface area contributed by atoms with Crippen LogP contribution in [-0.4, -0.2) is 39.5 Å². The van der Waals surface area contributed by atoms with E-state index >= 15 is 0 Å². The molecule has 2 N–H and O–H groups in total. The smallest absolute Gasteiger partial charge is 0.432 e. The van der Waals surface area contributed by atoms with E-state index in [2.05, 4.69) is 4.74 Å². The van der Waals surface area contributed by atoms with Gasteiger partial charge in [0.2, 0.25) is 0 Å². The van der Waals surface area contributed by atoms with E-state index in [-0.39, 0.29) is 30.5 Å². The molecule has 0 fully saturated rings. The lowest BCUT2D eigenvalue weighted by Gasteiger charge is -2.27. The molecule has 25 heavy (non-hydrogen) atoms. The van der Waals surface area contributed by atoms with Crippen LogP contribution in [0.3, 0.4) is 0 Å².